The minimum absolute atomic E-state index is 0.232. The fraction of sp³-hybridized carbons (Fsp3) is 0.182. The number of nitrogens with one attached hydrogen (secondary N) is 1. The Kier molecular flexibility index (Phi) is 3.74. The fourth-order valence-corrected chi connectivity index (χ4v) is 3.63. The van der Waals surface area contributed by atoms with E-state index in [1.165, 1.54) is 11.3 Å². The molecule has 18 heavy (non-hydrogen) atoms. The van der Waals surface area contributed by atoms with Crippen molar-refractivity contribution < 1.29 is 8.42 Å². The highest BCUT2D eigenvalue weighted by molar-refractivity contribution is 9.10. The van der Waals surface area contributed by atoms with E-state index < -0.39 is 10.0 Å². The van der Waals surface area contributed by atoms with Crippen LogP contribution < -0.4 is 4.72 Å². The summed E-state index contributed by atoms with van der Waals surface area (Å²) in [5.41, 5.74) is 1.66. The number of sulfonamides is 1. The predicted molar refractivity (Wildman–Crippen MR) is 76.5 cm³/mol. The van der Waals surface area contributed by atoms with E-state index in [4.69, 9.17) is 0 Å². The molecular weight excluding hydrogens is 336 g/mol. The SMILES string of the molecule is Cc1csc(NS(=O)(=O)c2ccc(Br)c(C)c2)n1. The van der Waals surface area contributed by atoms with Crippen LogP contribution in [0.25, 0.3) is 0 Å². The average Bonchev–Trinajstić information content (AvgIpc) is 2.67. The van der Waals surface area contributed by atoms with Gasteiger partial charge in [0.05, 0.1) is 10.6 Å². The number of aromatic nitrogens is 1. The van der Waals surface area contributed by atoms with Crippen molar-refractivity contribution in [3.8, 4) is 0 Å². The van der Waals surface area contributed by atoms with Gasteiger partial charge in [0.25, 0.3) is 10.0 Å². The van der Waals surface area contributed by atoms with Gasteiger partial charge in [0.2, 0.25) is 0 Å². The zero-order valence-corrected chi connectivity index (χ0v) is 13.0. The van der Waals surface area contributed by atoms with Gasteiger partial charge in [0, 0.05) is 9.85 Å². The molecule has 0 fully saturated rings. The number of benzene rings is 1. The van der Waals surface area contributed by atoms with E-state index in [9.17, 15) is 8.42 Å². The second-order valence-electron chi connectivity index (χ2n) is 3.81. The summed E-state index contributed by atoms with van der Waals surface area (Å²) in [4.78, 5) is 4.31. The highest BCUT2D eigenvalue weighted by Crippen LogP contribution is 2.23. The Morgan fingerprint density at radius 1 is 1.33 bits per heavy atom. The van der Waals surface area contributed by atoms with Crippen LogP contribution in [-0.4, -0.2) is 13.4 Å². The number of anilines is 1. The van der Waals surface area contributed by atoms with Gasteiger partial charge in [0.1, 0.15) is 0 Å². The second kappa shape index (κ2) is 4.99. The molecule has 4 nitrogen and oxygen atoms in total. The molecule has 96 valence electrons. The largest absolute Gasteiger partial charge is 0.263 e. The summed E-state index contributed by atoms with van der Waals surface area (Å²) in [5, 5.41) is 2.18. The summed E-state index contributed by atoms with van der Waals surface area (Å²) in [6, 6.07) is 4.89. The van der Waals surface area contributed by atoms with E-state index in [0.29, 0.717) is 5.13 Å². The lowest BCUT2D eigenvalue weighted by Gasteiger charge is -2.06. The van der Waals surface area contributed by atoms with Crippen molar-refractivity contribution in [3.63, 3.8) is 0 Å². The van der Waals surface area contributed by atoms with E-state index in [2.05, 4.69) is 25.6 Å². The van der Waals surface area contributed by atoms with Gasteiger partial charge in [0.15, 0.2) is 5.13 Å². The van der Waals surface area contributed by atoms with Crippen molar-refractivity contribution in [3.05, 3.63) is 39.3 Å². The third-order valence-corrected chi connectivity index (χ3v) is 5.51. The van der Waals surface area contributed by atoms with Gasteiger partial charge in [-0.3, -0.25) is 4.72 Å². The molecule has 0 saturated carbocycles. The van der Waals surface area contributed by atoms with Gasteiger partial charge < -0.3 is 0 Å². The van der Waals surface area contributed by atoms with E-state index in [-0.39, 0.29) is 4.90 Å². The molecule has 1 N–H and O–H groups in total. The maximum absolute atomic E-state index is 12.1. The molecule has 1 aromatic heterocycles. The number of thiazole rings is 1. The highest BCUT2D eigenvalue weighted by atomic mass is 79.9. The topological polar surface area (TPSA) is 59.1 Å². The molecule has 0 unspecified atom stereocenters. The normalized spacial score (nSPS) is 11.5. The van der Waals surface area contributed by atoms with Gasteiger partial charge >= 0.3 is 0 Å². The number of hydrogen-bond donors (Lipinski definition) is 1. The zero-order chi connectivity index (χ0) is 13.3. The summed E-state index contributed by atoms with van der Waals surface area (Å²) in [7, 11) is -3.56. The van der Waals surface area contributed by atoms with Crippen LogP contribution in [-0.2, 0) is 10.0 Å². The molecule has 0 aliphatic rings. The van der Waals surface area contributed by atoms with Gasteiger partial charge in [-0.25, -0.2) is 13.4 Å². The molecule has 1 aromatic carbocycles. The van der Waals surface area contributed by atoms with Crippen molar-refractivity contribution in [1.82, 2.24) is 4.98 Å². The van der Waals surface area contributed by atoms with Crippen LogP contribution in [0.3, 0.4) is 0 Å². The Bertz CT molecular complexity index is 680. The highest BCUT2D eigenvalue weighted by Gasteiger charge is 2.16. The molecule has 0 aliphatic carbocycles. The number of nitrogens with zero attached hydrogens (tertiary/aromatic N) is 1. The summed E-state index contributed by atoms with van der Waals surface area (Å²) >= 11 is 4.61. The lowest BCUT2D eigenvalue weighted by Crippen LogP contribution is -2.13. The average molecular weight is 347 g/mol. The van der Waals surface area contributed by atoms with Crippen molar-refractivity contribution in [1.29, 1.82) is 0 Å². The molecule has 2 rings (SSSR count). The molecule has 0 radical (unpaired) electrons. The molecular formula is C11H11BrN2O2S2. The van der Waals surface area contributed by atoms with Gasteiger partial charge in [-0.2, -0.15) is 0 Å². The Hall–Kier alpha value is -0.920. The van der Waals surface area contributed by atoms with Crippen molar-refractivity contribution in [2.24, 2.45) is 0 Å². The quantitative estimate of drug-likeness (QED) is 0.927. The summed E-state index contributed by atoms with van der Waals surface area (Å²) in [6.07, 6.45) is 0. The molecule has 7 heteroatoms. The first kappa shape index (κ1) is 13.5. The monoisotopic (exact) mass is 346 g/mol. The first-order valence-corrected chi connectivity index (χ1v) is 8.25. The maximum Gasteiger partial charge on any atom is 0.263 e. The third kappa shape index (κ3) is 2.90. The second-order valence-corrected chi connectivity index (χ2v) is 7.21. The predicted octanol–water partition coefficient (Wildman–Crippen LogP) is 3.32. The maximum atomic E-state index is 12.1. The first-order chi connectivity index (χ1) is 8.38. The van der Waals surface area contributed by atoms with Gasteiger partial charge in [-0.1, -0.05) is 15.9 Å². The molecule has 1 heterocycles. The Balaban J connectivity index is 2.33. The lowest BCUT2D eigenvalue weighted by atomic mass is 10.2. The lowest BCUT2D eigenvalue weighted by molar-refractivity contribution is 0.601. The van der Waals surface area contributed by atoms with E-state index in [1.807, 2.05) is 13.8 Å². The summed E-state index contributed by atoms with van der Waals surface area (Å²) in [6.45, 7) is 3.66. The van der Waals surface area contributed by atoms with Crippen molar-refractivity contribution in [2.75, 3.05) is 4.72 Å². The van der Waals surface area contributed by atoms with Gasteiger partial charge in [-0.05, 0) is 37.6 Å². The van der Waals surface area contributed by atoms with Crippen LogP contribution in [0.15, 0.2) is 32.9 Å². The van der Waals surface area contributed by atoms with Crippen LogP contribution in [0.4, 0.5) is 5.13 Å². The molecule has 0 spiro atoms. The molecule has 0 aliphatic heterocycles. The molecule has 2 aromatic rings. The zero-order valence-electron chi connectivity index (χ0n) is 9.77. The smallest absolute Gasteiger partial charge is 0.255 e. The van der Waals surface area contributed by atoms with Crippen LogP contribution >= 0.6 is 27.3 Å². The summed E-state index contributed by atoms with van der Waals surface area (Å²) < 4.78 is 27.6. The third-order valence-electron chi connectivity index (χ3n) is 2.28. The number of hydrogen-bond acceptors (Lipinski definition) is 4. The number of halogens is 1. The molecule has 0 bridgehead atoms. The van der Waals surface area contributed by atoms with E-state index in [0.717, 1.165) is 15.7 Å². The standard InChI is InChI=1S/C11H11BrN2O2S2/c1-7-5-9(3-4-10(7)12)18(15,16)14-11-13-8(2)6-17-11/h3-6H,1-2H3,(H,13,14). The number of aryl methyl sites for hydroxylation is 2. The molecule has 0 saturated heterocycles. The minimum atomic E-state index is -3.56. The Morgan fingerprint density at radius 3 is 2.61 bits per heavy atom. The van der Waals surface area contributed by atoms with Crippen molar-refractivity contribution >= 4 is 42.4 Å². The molecule has 0 atom stereocenters. The van der Waals surface area contributed by atoms with E-state index >= 15 is 0 Å². The van der Waals surface area contributed by atoms with Crippen LogP contribution in [0.1, 0.15) is 11.3 Å². The van der Waals surface area contributed by atoms with Crippen LogP contribution in [0, 0.1) is 13.8 Å². The minimum Gasteiger partial charge on any atom is -0.255 e. The molecule has 0 amide bonds. The van der Waals surface area contributed by atoms with E-state index in [1.54, 1.807) is 23.6 Å². The van der Waals surface area contributed by atoms with Crippen LogP contribution in [0.2, 0.25) is 0 Å². The van der Waals surface area contributed by atoms with Crippen molar-refractivity contribution in [2.45, 2.75) is 18.7 Å². The summed E-state index contributed by atoms with van der Waals surface area (Å²) in [5.74, 6) is 0. The van der Waals surface area contributed by atoms with Crippen LogP contribution in [0.5, 0.6) is 0 Å². The Labute approximate surface area is 118 Å². The Morgan fingerprint density at radius 2 is 2.06 bits per heavy atom. The first-order valence-electron chi connectivity index (χ1n) is 5.09. The van der Waals surface area contributed by atoms with Gasteiger partial charge in [-0.15, -0.1) is 11.3 Å². The fourth-order valence-electron chi connectivity index (χ4n) is 1.36. The number of rotatable bonds is 3.